The van der Waals surface area contributed by atoms with Crippen LogP contribution in [0.5, 0.6) is 0 Å². The summed E-state index contributed by atoms with van der Waals surface area (Å²) >= 11 is 0. The maximum Gasteiger partial charge on any atom is 0.0695 e. The Morgan fingerprint density at radius 2 is 2.42 bits per heavy atom. The summed E-state index contributed by atoms with van der Waals surface area (Å²) in [6, 6.07) is 2.49. The van der Waals surface area contributed by atoms with Crippen LogP contribution in [0.2, 0.25) is 0 Å². The Balaban J connectivity index is 2.79. The molecule has 0 radical (unpaired) electrons. The predicted molar refractivity (Wildman–Crippen MR) is 50.4 cm³/mol. The fraction of sp³-hybridized carbons (Fsp3) is 0.727. The molecule has 0 aliphatic heterocycles. The lowest BCUT2D eigenvalue weighted by Crippen LogP contribution is -2.22. The van der Waals surface area contributed by atoms with Crippen LogP contribution in [-0.2, 0) is 0 Å². The van der Waals surface area contributed by atoms with E-state index in [0.29, 0.717) is 11.8 Å². The maximum absolute atomic E-state index is 9.14. The van der Waals surface area contributed by atoms with E-state index in [-0.39, 0.29) is 5.41 Å². The van der Waals surface area contributed by atoms with Gasteiger partial charge < -0.3 is 0 Å². The van der Waals surface area contributed by atoms with Crippen molar-refractivity contribution in [3.8, 4) is 6.07 Å². The van der Waals surface area contributed by atoms with Crippen molar-refractivity contribution in [1.29, 1.82) is 5.26 Å². The highest BCUT2D eigenvalue weighted by molar-refractivity contribution is 5.09. The molecule has 1 nitrogen and oxygen atoms in total. The van der Waals surface area contributed by atoms with Crippen LogP contribution in [0, 0.1) is 28.6 Å². The van der Waals surface area contributed by atoms with Gasteiger partial charge in [0.25, 0.3) is 0 Å². The van der Waals surface area contributed by atoms with E-state index in [1.165, 1.54) is 6.42 Å². The van der Waals surface area contributed by atoms with Crippen molar-refractivity contribution in [3.05, 3.63) is 12.7 Å². The Labute approximate surface area is 75.1 Å². The molecule has 1 saturated carbocycles. The van der Waals surface area contributed by atoms with Crippen molar-refractivity contribution in [2.24, 2.45) is 17.3 Å². The highest BCUT2D eigenvalue weighted by Gasteiger charge is 2.40. The van der Waals surface area contributed by atoms with Crippen molar-refractivity contribution in [3.63, 3.8) is 0 Å². The zero-order valence-electron chi connectivity index (χ0n) is 8.01. The van der Waals surface area contributed by atoms with Gasteiger partial charge in [-0.25, -0.2) is 0 Å². The van der Waals surface area contributed by atoms with Crippen LogP contribution in [0.3, 0.4) is 0 Å². The average Bonchev–Trinajstić information content (AvgIpc) is 2.47. The van der Waals surface area contributed by atoms with Gasteiger partial charge >= 0.3 is 0 Å². The molecular weight excluding hydrogens is 146 g/mol. The number of rotatable bonds is 2. The first-order chi connectivity index (χ1) is 5.64. The number of nitriles is 1. The van der Waals surface area contributed by atoms with E-state index in [4.69, 9.17) is 5.26 Å². The molecule has 0 N–H and O–H groups in total. The largest absolute Gasteiger partial charge is 0.198 e. The molecular formula is C11H17N. The van der Waals surface area contributed by atoms with Gasteiger partial charge in [-0.1, -0.05) is 19.9 Å². The molecule has 0 aromatic rings. The van der Waals surface area contributed by atoms with Gasteiger partial charge in [0.2, 0.25) is 0 Å². The summed E-state index contributed by atoms with van der Waals surface area (Å²) in [5.41, 5.74) is -0.0961. The Bertz CT molecular complexity index is 214. The second kappa shape index (κ2) is 3.31. The molecule has 1 aliphatic carbocycles. The van der Waals surface area contributed by atoms with Crippen molar-refractivity contribution < 1.29 is 0 Å². The monoisotopic (exact) mass is 163 g/mol. The molecule has 3 unspecified atom stereocenters. The highest BCUT2D eigenvalue weighted by Crippen LogP contribution is 2.46. The van der Waals surface area contributed by atoms with Gasteiger partial charge in [-0.05, 0) is 31.1 Å². The normalized spacial score (nSPS) is 37.2. The molecule has 0 amide bonds. The lowest BCUT2D eigenvalue weighted by Gasteiger charge is -2.25. The van der Waals surface area contributed by atoms with Gasteiger partial charge in [-0.3, -0.25) is 0 Å². The van der Waals surface area contributed by atoms with Gasteiger partial charge in [0.05, 0.1) is 11.5 Å². The van der Waals surface area contributed by atoms with Crippen molar-refractivity contribution in [1.82, 2.24) is 0 Å². The maximum atomic E-state index is 9.14. The van der Waals surface area contributed by atoms with Crippen LogP contribution in [0.25, 0.3) is 0 Å². The first kappa shape index (κ1) is 9.32. The average molecular weight is 163 g/mol. The first-order valence-electron chi connectivity index (χ1n) is 4.68. The molecule has 3 atom stereocenters. The van der Waals surface area contributed by atoms with Crippen LogP contribution in [0.1, 0.15) is 33.1 Å². The van der Waals surface area contributed by atoms with Gasteiger partial charge in [0.1, 0.15) is 0 Å². The molecule has 0 spiro atoms. The Morgan fingerprint density at radius 1 is 1.75 bits per heavy atom. The number of allylic oxidation sites excluding steroid dienone is 1. The lowest BCUT2D eigenvalue weighted by atomic mass is 9.76. The minimum Gasteiger partial charge on any atom is -0.198 e. The second-order valence-corrected chi connectivity index (χ2v) is 4.14. The quantitative estimate of drug-likeness (QED) is 0.574. The molecule has 1 heteroatoms. The first-order valence-corrected chi connectivity index (χ1v) is 4.68. The highest BCUT2D eigenvalue weighted by atomic mass is 14.5. The molecule has 1 fully saturated rings. The molecule has 1 aliphatic rings. The van der Waals surface area contributed by atoms with E-state index in [2.05, 4.69) is 26.5 Å². The molecule has 66 valence electrons. The standard InChI is InChI=1S/C11H17N/c1-4-10(3)11(8-12)6-5-9(2)7-11/h4,9-10H,1,5-7H2,2-3H3. The van der Waals surface area contributed by atoms with Crippen molar-refractivity contribution >= 4 is 0 Å². The van der Waals surface area contributed by atoms with E-state index < -0.39 is 0 Å². The molecule has 0 saturated heterocycles. The van der Waals surface area contributed by atoms with Gasteiger partial charge in [0, 0.05) is 0 Å². The van der Waals surface area contributed by atoms with Crippen LogP contribution < -0.4 is 0 Å². The van der Waals surface area contributed by atoms with Crippen LogP contribution in [0.4, 0.5) is 0 Å². The van der Waals surface area contributed by atoms with Crippen LogP contribution in [0.15, 0.2) is 12.7 Å². The summed E-state index contributed by atoms with van der Waals surface area (Å²) in [6.45, 7) is 8.11. The van der Waals surface area contributed by atoms with E-state index >= 15 is 0 Å². The van der Waals surface area contributed by atoms with Crippen LogP contribution in [-0.4, -0.2) is 0 Å². The summed E-state index contributed by atoms with van der Waals surface area (Å²) in [5.74, 6) is 1.06. The molecule has 0 aromatic heterocycles. The minimum absolute atomic E-state index is 0.0961. The van der Waals surface area contributed by atoms with Gasteiger partial charge in [-0.15, -0.1) is 6.58 Å². The van der Waals surface area contributed by atoms with Crippen molar-refractivity contribution in [2.45, 2.75) is 33.1 Å². The van der Waals surface area contributed by atoms with Gasteiger partial charge in [-0.2, -0.15) is 5.26 Å². The Hall–Kier alpha value is -0.770. The minimum atomic E-state index is -0.0961. The summed E-state index contributed by atoms with van der Waals surface area (Å²) in [4.78, 5) is 0. The zero-order chi connectivity index (χ0) is 9.19. The van der Waals surface area contributed by atoms with Gasteiger partial charge in [0.15, 0.2) is 0 Å². The third-order valence-electron chi connectivity index (χ3n) is 3.24. The lowest BCUT2D eigenvalue weighted by molar-refractivity contribution is 0.306. The van der Waals surface area contributed by atoms with Crippen LogP contribution >= 0.6 is 0 Å². The third-order valence-corrected chi connectivity index (χ3v) is 3.24. The van der Waals surface area contributed by atoms with E-state index in [0.717, 1.165) is 12.8 Å². The Kier molecular flexibility index (Phi) is 2.57. The van der Waals surface area contributed by atoms with E-state index in [9.17, 15) is 0 Å². The number of hydrogen-bond acceptors (Lipinski definition) is 1. The summed E-state index contributed by atoms with van der Waals surface area (Å²) in [5, 5.41) is 9.14. The van der Waals surface area contributed by atoms with E-state index in [1.54, 1.807) is 0 Å². The Morgan fingerprint density at radius 3 is 2.75 bits per heavy atom. The summed E-state index contributed by atoms with van der Waals surface area (Å²) in [6.07, 6.45) is 5.22. The predicted octanol–water partition coefficient (Wildman–Crippen LogP) is 3.14. The smallest absolute Gasteiger partial charge is 0.0695 e. The fourth-order valence-electron chi connectivity index (χ4n) is 2.17. The molecule has 12 heavy (non-hydrogen) atoms. The number of nitrogens with zero attached hydrogens (tertiary/aromatic N) is 1. The van der Waals surface area contributed by atoms with E-state index in [1.807, 2.05) is 6.08 Å². The molecule has 1 rings (SSSR count). The zero-order valence-corrected chi connectivity index (χ0v) is 8.01. The summed E-state index contributed by atoms with van der Waals surface area (Å²) in [7, 11) is 0. The molecule has 0 bridgehead atoms. The SMILES string of the molecule is C=CC(C)C1(C#N)CCC(C)C1. The second-order valence-electron chi connectivity index (χ2n) is 4.14. The third kappa shape index (κ3) is 1.39. The fourth-order valence-corrected chi connectivity index (χ4v) is 2.17. The molecule has 0 aromatic carbocycles. The number of hydrogen-bond donors (Lipinski definition) is 0. The topological polar surface area (TPSA) is 23.8 Å². The van der Waals surface area contributed by atoms with Crippen molar-refractivity contribution in [2.75, 3.05) is 0 Å². The summed E-state index contributed by atoms with van der Waals surface area (Å²) < 4.78 is 0. The molecule has 0 heterocycles.